The summed E-state index contributed by atoms with van der Waals surface area (Å²) in [5.41, 5.74) is -6.34. The molecule has 9 rings (SSSR count). The predicted molar refractivity (Wildman–Crippen MR) is 291 cm³/mol. The molecule has 4 aromatic heterocycles. The molecule has 2 N–H and O–H groups in total. The number of alkyl halides is 6. The maximum Gasteiger partial charge on any atom is 0.416 e. The molecule has 0 spiro atoms. The standard InChI is InChI=1S/C31H25F3N6O5S.C23H15ClF3N5O4S/c1-19-27(29(42)38(3)30(43)39(19)24-11-7-10-21(16-24)31(32,33)34)28-26(17-36-40(28)23-14-12-22(35-2)13-15-23)46(44,45)37-25(18-41)20-8-5-4-6-9-20;1-13-19(20-18(37(24,35)36)12-29-32(20)16-9-7-15(28-2)8-10-16)21(33)30(3)22(34)31(13)17-6-4-5-14(11-17)23(25,26)27/h4-17,25,37,41H,18H2,1,3H3;4-12H,1,3H3/t25-;/m1./s1. The van der Waals surface area contributed by atoms with E-state index in [0.29, 0.717) is 14.7 Å². The molecule has 1 atom stereocenters. The third-order valence-corrected chi connectivity index (χ3v) is 15.7. The first-order chi connectivity index (χ1) is 39.0. The topological polar surface area (TPSA) is 233 Å². The van der Waals surface area contributed by atoms with E-state index < -0.39 is 87.5 Å². The molecule has 0 saturated carbocycles. The zero-order chi connectivity index (χ0) is 60.7. The molecule has 4 heterocycles. The van der Waals surface area contributed by atoms with E-state index in [0.717, 1.165) is 81.4 Å². The molecule has 0 saturated heterocycles. The van der Waals surface area contributed by atoms with Crippen molar-refractivity contribution >= 4 is 41.1 Å². The van der Waals surface area contributed by atoms with E-state index >= 15 is 0 Å². The van der Waals surface area contributed by atoms with Crippen molar-refractivity contribution in [1.82, 2.24) is 42.6 Å². The molecular formula is C54H40ClF6N11O9S2. The summed E-state index contributed by atoms with van der Waals surface area (Å²) in [6.45, 7) is 16.3. The number of hydrogen-bond acceptors (Lipinski definition) is 11. The van der Waals surface area contributed by atoms with Gasteiger partial charge in [0.2, 0.25) is 10.0 Å². The van der Waals surface area contributed by atoms with Crippen LogP contribution in [-0.4, -0.2) is 66.4 Å². The van der Waals surface area contributed by atoms with Crippen LogP contribution in [0.5, 0.6) is 0 Å². The Kier molecular flexibility index (Phi) is 16.4. The van der Waals surface area contributed by atoms with Gasteiger partial charge in [0.1, 0.15) is 21.2 Å². The maximum absolute atomic E-state index is 14.0. The zero-order valence-electron chi connectivity index (χ0n) is 43.2. The van der Waals surface area contributed by atoms with Crippen LogP contribution < -0.4 is 27.2 Å². The normalized spacial score (nSPS) is 12.3. The second kappa shape index (κ2) is 22.8. The second-order valence-corrected chi connectivity index (χ2v) is 22.2. The van der Waals surface area contributed by atoms with Crippen LogP contribution in [0.25, 0.3) is 55.0 Å². The van der Waals surface area contributed by atoms with Gasteiger partial charge in [-0.3, -0.25) is 27.9 Å². The predicted octanol–water partition coefficient (Wildman–Crippen LogP) is 8.47. The van der Waals surface area contributed by atoms with Crippen LogP contribution >= 0.6 is 10.7 Å². The first-order valence-corrected chi connectivity index (χ1v) is 27.6. The van der Waals surface area contributed by atoms with Crippen LogP contribution in [0.4, 0.5) is 37.7 Å². The van der Waals surface area contributed by atoms with E-state index in [1.807, 2.05) is 0 Å². The number of aliphatic hydroxyl groups is 1. The fourth-order valence-corrected chi connectivity index (χ4v) is 11.1. The van der Waals surface area contributed by atoms with Crippen molar-refractivity contribution in [3.05, 3.63) is 232 Å². The van der Waals surface area contributed by atoms with Gasteiger partial charge >= 0.3 is 23.7 Å². The third kappa shape index (κ3) is 11.7. The van der Waals surface area contributed by atoms with Gasteiger partial charge in [-0.1, -0.05) is 66.7 Å². The number of benzene rings is 5. The fraction of sp³-hybridized carbons (Fsp3) is 0.148. The van der Waals surface area contributed by atoms with Crippen molar-refractivity contribution in [2.75, 3.05) is 6.61 Å². The highest BCUT2D eigenvalue weighted by Gasteiger charge is 2.35. The number of halogens is 7. The van der Waals surface area contributed by atoms with Gasteiger partial charge in [-0.25, -0.2) is 50.2 Å². The molecule has 5 aromatic carbocycles. The Morgan fingerprint density at radius 1 is 0.590 bits per heavy atom. The van der Waals surface area contributed by atoms with E-state index in [1.54, 1.807) is 30.3 Å². The van der Waals surface area contributed by atoms with Crippen molar-refractivity contribution in [1.29, 1.82) is 0 Å². The lowest BCUT2D eigenvalue weighted by molar-refractivity contribution is -0.138. The van der Waals surface area contributed by atoms with E-state index in [1.165, 1.54) is 74.5 Å². The van der Waals surface area contributed by atoms with Gasteiger partial charge in [0.15, 0.2) is 11.4 Å². The van der Waals surface area contributed by atoms with Gasteiger partial charge in [-0.15, -0.1) is 0 Å². The molecule has 0 radical (unpaired) electrons. The van der Waals surface area contributed by atoms with Crippen LogP contribution in [0.15, 0.2) is 169 Å². The van der Waals surface area contributed by atoms with Crippen molar-refractivity contribution in [3.8, 4) is 45.3 Å². The lowest BCUT2D eigenvalue weighted by Crippen LogP contribution is -2.40. The lowest BCUT2D eigenvalue weighted by Gasteiger charge is -2.20. The highest BCUT2D eigenvalue weighted by atomic mass is 35.7. The van der Waals surface area contributed by atoms with Gasteiger partial charge in [0.25, 0.3) is 20.2 Å². The second-order valence-electron chi connectivity index (χ2n) is 18.0. The summed E-state index contributed by atoms with van der Waals surface area (Å²) in [7, 11) is -1.20. The van der Waals surface area contributed by atoms with Crippen LogP contribution in [0.1, 0.15) is 34.1 Å². The van der Waals surface area contributed by atoms with E-state index in [-0.39, 0.29) is 68.0 Å². The Labute approximate surface area is 470 Å². The Morgan fingerprint density at radius 3 is 1.36 bits per heavy atom. The van der Waals surface area contributed by atoms with Crippen LogP contribution in [0.3, 0.4) is 0 Å². The van der Waals surface area contributed by atoms with Crippen molar-refractivity contribution in [3.63, 3.8) is 0 Å². The molecule has 83 heavy (non-hydrogen) atoms. The highest BCUT2D eigenvalue weighted by molar-refractivity contribution is 8.13. The molecule has 0 bridgehead atoms. The Balaban J connectivity index is 0.000000222. The molecule has 0 unspecified atom stereocenters. The Hall–Kier alpha value is -9.45. The lowest BCUT2D eigenvalue weighted by atomic mass is 10.1. The molecule has 0 aliphatic carbocycles. The third-order valence-electron chi connectivity index (χ3n) is 12.9. The maximum atomic E-state index is 14.0. The van der Waals surface area contributed by atoms with Gasteiger partial charge < -0.3 is 5.11 Å². The largest absolute Gasteiger partial charge is 0.416 e. The minimum absolute atomic E-state index is 0.145. The molecule has 0 amide bonds. The number of rotatable bonds is 12. The molecule has 0 aliphatic rings. The number of hydrogen-bond donors (Lipinski definition) is 2. The van der Waals surface area contributed by atoms with Gasteiger partial charge in [-0.2, -0.15) is 36.5 Å². The summed E-state index contributed by atoms with van der Waals surface area (Å²) in [5, 5.41) is 18.4. The van der Waals surface area contributed by atoms with Crippen LogP contribution in [0.2, 0.25) is 0 Å². The Bertz CT molecular complexity index is 4600. The fourth-order valence-electron chi connectivity index (χ4n) is 8.80. The summed E-state index contributed by atoms with van der Waals surface area (Å²) in [4.78, 5) is 59.1. The molecule has 0 aliphatic heterocycles. The van der Waals surface area contributed by atoms with E-state index in [9.17, 15) is 67.5 Å². The summed E-state index contributed by atoms with van der Waals surface area (Å²) >= 11 is 0. The summed E-state index contributed by atoms with van der Waals surface area (Å²) in [5.74, 6) is 0. The average Bonchev–Trinajstić information content (AvgIpc) is 3.81. The molecule has 9 aromatic rings. The number of nitrogens with one attached hydrogen (secondary N) is 1. The first kappa shape index (κ1) is 59.7. The number of sulfonamides is 1. The van der Waals surface area contributed by atoms with Crippen LogP contribution in [-0.2, 0) is 45.5 Å². The SMILES string of the molecule is [C-]#[N+]c1ccc(-n2ncc(S(=O)(=O)Cl)c2-c2c(C)n(-c3cccc(C(F)(F)F)c3)c(=O)n(C)c2=O)cc1.[C-]#[N+]c1ccc(-n2ncc(S(=O)(=O)N[C@H](CO)c3ccccc3)c2-c2c(C)n(-c3cccc(C(F)(F)F)c3)c(=O)n(C)c2=O)cc1. The smallest absolute Gasteiger partial charge is 0.394 e. The quantitative estimate of drug-likeness (QED) is 0.0669. The van der Waals surface area contributed by atoms with Crippen molar-refractivity contribution in [2.24, 2.45) is 14.1 Å². The van der Waals surface area contributed by atoms with E-state index in [4.69, 9.17) is 23.8 Å². The van der Waals surface area contributed by atoms with Gasteiger partial charge in [-0.05, 0) is 80.1 Å². The minimum Gasteiger partial charge on any atom is -0.394 e. The van der Waals surface area contributed by atoms with Crippen LogP contribution in [0, 0.1) is 27.0 Å². The van der Waals surface area contributed by atoms with Crippen molar-refractivity contribution in [2.45, 2.75) is 42.0 Å². The number of aliphatic hydroxyl groups excluding tert-OH is 1. The summed E-state index contributed by atoms with van der Waals surface area (Å²) < 4.78 is 141. The summed E-state index contributed by atoms with van der Waals surface area (Å²) in [6, 6.07) is 26.6. The Morgan fingerprint density at radius 2 is 0.988 bits per heavy atom. The first-order valence-electron chi connectivity index (χ1n) is 23.8. The van der Waals surface area contributed by atoms with E-state index in [2.05, 4.69) is 24.6 Å². The molecule has 20 nitrogen and oxygen atoms in total. The van der Waals surface area contributed by atoms with Gasteiger partial charge in [0, 0.05) is 36.2 Å². The van der Waals surface area contributed by atoms with Gasteiger partial charge in [0.05, 0.1) is 83.2 Å². The summed E-state index contributed by atoms with van der Waals surface area (Å²) in [6.07, 6.45) is -7.54. The highest BCUT2D eigenvalue weighted by Crippen LogP contribution is 2.36. The molecule has 29 heteroatoms. The monoisotopic (exact) mass is 1200 g/mol. The average molecular weight is 1200 g/mol. The molecule has 0 fully saturated rings. The molecule has 426 valence electrons. The number of aromatic nitrogens is 8. The minimum atomic E-state index is -4.73. The zero-order valence-corrected chi connectivity index (χ0v) is 45.6. The van der Waals surface area contributed by atoms with Crippen molar-refractivity contribution < 1.29 is 48.3 Å². The molecular weight excluding hydrogens is 1160 g/mol. The number of nitrogens with zero attached hydrogens (tertiary/aromatic N) is 10.